The minimum atomic E-state index is 0.00767. The highest BCUT2D eigenvalue weighted by atomic mass is 32.2. The number of allylic oxidation sites excluding steroid dienone is 1. The fourth-order valence-electron chi connectivity index (χ4n) is 3.85. The van der Waals surface area contributed by atoms with Gasteiger partial charge < -0.3 is 16.0 Å². The Kier molecular flexibility index (Phi) is 6.87. The van der Waals surface area contributed by atoms with Crippen molar-refractivity contribution >= 4 is 29.1 Å². The normalized spacial score (nSPS) is 14.5. The molecule has 1 aliphatic rings. The summed E-state index contributed by atoms with van der Waals surface area (Å²) in [6, 6.07) is 13.6. The summed E-state index contributed by atoms with van der Waals surface area (Å²) < 4.78 is 0. The van der Waals surface area contributed by atoms with Gasteiger partial charge in [-0.25, -0.2) is 0 Å². The summed E-state index contributed by atoms with van der Waals surface area (Å²) in [4.78, 5) is 15.1. The van der Waals surface area contributed by atoms with Crippen LogP contribution in [0, 0.1) is 30.6 Å². The Hall–Kier alpha value is -3.04. The predicted octanol–water partition coefficient (Wildman–Crippen LogP) is 4.49. The lowest BCUT2D eigenvalue weighted by Gasteiger charge is -2.40. The second-order valence-electron chi connectivity index (χ2n) is 8.07. The molecular weight excluding hydrogens is 404 g/mol. The topological polar surface area (TPSA) is 94.0 Å². The van der Waals surface area contributed by atoms with Gasteiger partial charge in [0.1, 0.15) is 0 Å². The number of likely N-dealkylation sites (tertiary alicyclic amines) is 1. The van der Waals surface area contributed by atoms with Gasteiger partial charge in [0.05, 0.1) is 11.6 Å². The van der Waals surface area contributed by atoms with Gasteiger partial charge in [0.25, 0.3) is 5.91 Å². The van der Waals surface area contributed by atoms with Gasteiger partial charge in [-0.3, -0.25) is 4.79 Å². The minimum Gasteiger partial charge on any atom is -0.398 e. The van der Waals surface area contributed by atoms with Crippen LogP contribution in [0.1, 0.15) is 51.0 Å². The van der Waals surface area contributed by atoms with Gasteiger partial charge in [0, 0.05) is 47.3 Å². The number of aryl methyl sites for hydroxylation is 2. The van der Waals surface area contributed by atoms with Gasteiger partial charge in [-0.15, -0.1) is 0 Å². The molecule has 1 amide bonds. The van der Waals surface area contributed by atoms with E-state index >= 15 is 0 Å². The molecule has 0 aliphatic carbocycles. The van der Waals surface area contributed by atoms with Crippen molar-refractivity contribution in [2.75, 3.05) is 25.1 Å². The molecule has 0 bridgehead atoms. The molecule has 5 nitrogen and oxygen atoms in total. The molecular formula is C25H28N4OS. The van der Waals surface area contributed by atoms with E-state index in [1.165, 1.54) is 0 Å². The predicted molar refractivity (Wildman–Crippen MR) is 129 cm³/mol. The molecule has 0 radical (unpaired) electrons. The van der Waals surface area contributed by atoms with Gasteiger partial charge in [0.2, 0.25) is 0 Å². The number of hydrogen-bond donors (Lipinski definition) is 2. The molecule has 6 heteroatoms. The summed E-state index contributed by atoms with van der Waals surface area (Å²) in [5.74, 6) is 0.905. The van der Waals surface area contributed by atoms with Gasteiger partial charge in [-0.05, 0) is 67.5 Å². The van der Waals surface area contributed by atoms with E-state index in [9.17, 15) is 4.79 Å². The number of amides is 1. The Morgan fingerprint density at radius 1 is 1.19 bits per heavy atom. The first-order valence-electron chi connectivity index (χ1n) is 10.2. The summed E-state index contributed by atoms with van der Waals surface area (Å²) in [5, 5.41) is 17.2. The number of nitrogens with one attached hydrogen (secondary N) is 1. The third-order valence-corrected chi connectivity index (χ3v) is 6.49. The molecule has 31 heavy (non-hydrogen) atoms. The third kappa shape index (κ3) is 4.67. The van der Waals surface area contributed by atoms with Crippen LogP contribution in [0.25, 0.3) is 5.70 Å². The Morgan fingerprint density at radius 2 is 1.81 bits per heavy atom. The van der Waals surface area contributed by atoms with E-state index in [-0.39, 0.29) is 5.91 Å². The van der Waals surface area contributed by atoms with E-state index in [2.05, 4.69) is 6.07 Å². The molecule has 2 aromatic rings. The molecule has 3 N–H and O–H groups in total. The Bertz CT molecular complexity index is 1090. The van der Waals surface area contributed by atoms with Crippen molar-refractivity contribution in [3.05, 3.63) is 75.4 Å². The fraction of sp³-hybridized carbons (Fsp3) is 0.320. The van der Waals surface area contributed by atoms with Crippen molar-refractivity contribution in [3.63, 3.8) is 0 Å². The van der Waals surface area contributed by atoms with Crippen molar-refractivity contribution < 1.29 is 4.79 Å². The highest BCUT2D eigenvalue weighted by Crippen LogP contribution is 2.30. The largest absolute Gasteiger partial charge is 0.398 e. The third-order valence-electron chi connectivity index (χ3n) is 5.92. The lowest BCUT2D eigenvalue weighted by atomic mass is 9.89. The van der Waals surface area contributed by atoms with Crippen LogP contribution in [0.3, 0.4) is 0 Å². The van der Waals surface area contributed by atoms with Crippen LogP contribution in [0.2, 0.25) is 0 Å². The molecule has 1 heterocycles. The van der Waals surface area contributed by atoms with Gasteiger partial charge in [-0.1, -0.05) is 18.2 Å². The number of carbonyl (C=O) groups is 1. The maximum atomic E-state index is 13.2. The number of nitriles is 1. The van der Waals surface area contributed by atoms with Crippen LogP contribution >= 0.6 is 11.8 Å². The zero-order valence-electron chi connectivity index (χ0n) is 18.5. The molecule has 1 fully saturated rings. The monoisotopic (exact) mass is 432 g/mol. The number of carbonyl (C=O) groups excluding carboxylic acids is 1. The SMILES string of the molecule is CSCC(=N)/C(C)=C(\N)c1cc(C(=O)N2CC(c3ccc(C#N)cc3)C2)c(C)cc1C. The smallest absolute Gasteiger partial charge is 0.254 e. The first-order chi connectivity index (χ1) is 14.8. The summed E-state index contributed by atoms with van der Waals surface area (Å²) in [6.45, 7) is 7.13. The van der Waals surface area contributed by atoms with Crippen molar-refractivity contribution in [1.82, 2.24) is 4.90 Å². The number of benzene rings is 2. The van der Waals surface area contributed by atoms with Crippen molar-refractivity contribution in [2.45, 2.75) is 26.7 Å². The molecule has 0 aromatic heterocycles. The summed E-state index contributed by atoms with van der Waals surface area (Å²) in [7, 11) is 0. The Labute approximate surface area is 188 Å². The molecule has 0 atom stereocenters. The quantitative estimate of drug-likeness (QED) is 0.658. The van der Waals surface area contributed by atoms with Crippen LogP contribution in [0.15, 0.2) is 42.0 Å². The molecule has 3 rings (SSSR count). The van der Waals surface area contributed by atoms with E-state index in [1.807, 2.05) is 68.3 Å². The molecule has 0 saturated carbocycles. The minimum absolute atomic E-state index is 0.00767. The zero-order valence-corrected chi connectivity index (χ0v) is 19.3. The number of rotatable bonds is 6. The average molecular weight is 433 g/mol. The van der Waals surface area contributed by atoms with Crippen molar-refractivity contribution in [1.29, 1.82) is 10.7 Å². The number of hydrogen-bond acceptors (Lipinski definition) is 5. The standard InChI is InChI=1S/C25H28N4OS/c1-15-9-16(2)22(10-21(15)24(28)17(3)23(27)14-31-4)25(30)29-12-20(13-29)19-7-5-18(11-26)6-8-19/h5-10,20,27H,12-14,28H2,1-4H3/b24-17-,27-23?. The Balaban J connectivity index is 1.81. The number of thioether (sulfide) groups is 1. The lowest BCUT2D eigenvalue weighted by Crippen LogP contribution is -2.48. The van der Waals surface area contributed by atoms with E-state index < -0.39 is 0 Å². The summed E-state index contributed by atoms with van der Waals surface area (Å²) >= 11 is 1.59. The van der Waals surface area contributed by atoms with Crippen LogP contribution in [0.5, 0.6) is 0 Å². The highest BCUT2D eigenvalue weighted by Gasteiger charge is 2.33. The van der Waals surface area contributed by atoms with E-state index in [0.29, 0.717) is 47.3 Å². The molecule has 160 valence electrons. The zero-order chi connectivity index (χ0) is 22.7. The summed E-state index contributed by atoms with van der Waals surface area (Å²) in [5.41, 5.74) is 13.4. The van der Waals surface area contributed by atoms with E-state index in [0.717, 1.165) is 27.8 Å². The van der Waals surface area contributed by atoms with Crippen LogP contribution in [0.4, 0.5) is 0 Å². The van der Waals surface area contributed by atoms with Crippen LogP contribution in [-0.2, 0) is 0 Å². The van der Waals surface area contributed by atoms with Crippen molar-refractivity contribution in [3.8, 4) is 6.07 Å². The Morgan fingerprint density at radius 3 is 2.39 bits per heavy atom. The lowest BCUT2D eigenvalue weighted by molar-refractivity contribution is 0.0601. The van der Waals surface area contributed by atoms with Crippen LogP contribution < -0.4 is 5.73 Å². The first kappa shape index (κ1) is 22.6. The molecule has 2 aromatic carbocycles. The molecule has 1 aliphatic heterocycles. The van der Waals surface area contributed by atoms with Crippen LogP contribution in [-0.4, -0.2) is 41.6 Å². The highest BCUT2D eigenvalue weighted by molar-refractivity contribution is 7.99. The average Bonchev–Trinajstić information content (AvgIpc) is 2.72. The summed E-state index contributed by atoms with van der Waals surface area (Å²) in [6.07, 6.45) is 1.96. The van der Waals surface area contributed by atoms with Gasteiger partial charge in [0.15, 0.2) is 0 Å². The second kappa shape index (κ2) is 9.40. The second-order valence-corrected chi connectivity index (χ2v) is 8.94. The molecule has 0 unspecified atom stereocenters. The van der Waals surface area contributed by atoms with Gasteiger partial charge in [-0.2, -0.15) is 17.0 Å². The molecule has 1 saturated heterocycles. The maximum absolute atomic E-state index is 13.2. The van der Waals surface area contributed by atoms with Crippen molar-refractivity contribution in [2.24, 2.45) is 5.73 Å². The molecule has 0 spiro atoms. The van der Waals surface area contributed by atoms with E-state index in [1.54, 1.807) is 11.8 Å². The van der Waals surface area contributed by atoms with Gasteiger partial charge >= 0.3 is 0 Å². The maximum Gasteiger partial charge on any atom is 0.254 e. The number of nitrogens with two attached hydrogens (primary N) is 1. The first-order valence-corrected chi connectivity index (χ1v) is 11.6. The van der Waals surface area contributed by atoms with E-state index in [4.69, 9.17) is 16.4 Å². The number of nitrogens with zero attached hydrogens (tertiary/aromatic N) is 2. The fourth-order valence-corrected chi connectivity index (χ4v) is 4.35.